The highest BCUT2D eigenvalue weighted by Gasteiger charge is 2.14. The Morgan fingerprint density at radius 2 is 1.94 bits per heavy atom. The Bertz CT molecular complexity index is 374. The minimum absolute atomic E-state index is 0.0766. The number of rotatable bonds is 6. The third-order valence-electron chi connectivity index (χ3n) is 2.56. The Labute approximate surface area is 101 Å². The number of nitrogens with zero attached hydrogens (tertiary/aromatic N) is 1. The van der Waals surface area contributed by atoms with Crippen molar-refractivity contribution in [1.82, 2.24) is 5.32 Å². The molecule has 17 heavy (non-hydrogen) atoms. The van der Waals surface area contributed by atoms with Crippen molar-refractivity contribution in [3.05, 3.63) is 39.9 Å². The highest BCUT2D eigenvalue weighted by atomic mass is 16.6. The second-order valence-corrected chi connectivity index (χ2v) is 4.64. The van der Waals surface area contributed by atoms with Gasteiger partial charge in [-0.2, -0.15) is 0 Å². The standard InChI is InChI=1S/C12H18N2O3/c1-12(2,9-15)13-8-7-10-3-5-11(6-4-10)14(16)17/h3-6,13,15H,7-9H2,1-2H3. The Balaban J connectivity index is 2.45. The first-order valence-electron chi connectivity index (χ1n) is 5.54. The molecule has 0 atom stereocenters. The molecule has 0 fully saturated rings. The van der Waals surface area contributed by atoms with Gasteiger partial charge in [0.1, 0.15) is 0 Å². The number of nitro groups is 1. The third kappa shape index (κ3) is 4.50. The van der Waals surface area contributed by atoms with Crippen molar-refractivity contribution in [2.45, 2.75) is 25.8 Å². The molecule has 0 spiro atoms. The van der Waals surface area contributed by atoms with Gasteiger partial charge in [0, 0.05) is 17.7 Å². The smallest absolute Gasteiger partial charge is 0.269 e. The fraction of sp³-hybridized carbons (Fsp3) is 0.500. The monoisotopic (exact) mass is 238 g/mol. The molecule has 0 aliphatic rings. The van der Waals surface area contributed by atoms with Crippen molar-refractivity contribution >= 4 is 5.69 Å². The zero-order chi connectivity index (χ0) is 12.9. The normalized spacial score (nSPS) is 11.5. The molecule has 0 saturated carbocycles. The maximum Gasteiger partial charge on any atom is 0.269 e. The summed E-state index contributed by atoms with van der Waals surface area (Å²) in [5.41, 5.74) is 0.857. The number of hydrogen-bond acceptors (Lipinski definition) is 4. The van der Waals surface area contributed by atoms with Crippen molar-refractivity contribution < 1.29 is 10.0 Å². The fourth-order valence-electron chi connectivity index (χ4n) is 1.39. The summed E-state index contributed by atoms with van der Waals surface area (Å²) in [6.07, 6.45) is 0.779. The van der Waals surface area contributed by atoms with Gasteiger partial charge in [-0.25, -0.2) is 0 Å². The molecule has 0 saturated heterocycles. The molecule has 5 heteroatoms. The average molecular weight is 238 g/mol. The van der Waals surface area contributed by atoms with Gasteiger partial charge in [-0.1, -0.05) is 12.1 Å². The molecule has 0 unspecified atom stereocenters. The molecule has 0 radical (unpaired) electrons. The maximum absolute atomic E-state index is 10.5. The van der Waals surface area contributed by atoms with Crippen molar-refractivity contribution in [2.75, 3.05) is 13.2 Å². The van der Waals surface area contributed by atoms with E-state index in [0.29, 0.717) is 0 Å². The molecular weight excluding hydrogens is 220 g/mol. The van der Waals surface area contributed by atoms with Crippen molar-refractivity contribution in [3.63, 3.8) is 0 Å². The van der Waals surface area contributed by atoms with Gasteiger partial charge in [0.05, 0.1) is 11.5 Å². The van der Waals surface area contributed by atoms with Crippen LogP contribution in [0.4, 0.5) is 5.69 Å². The van der Waals surface area contributed by atoms with E-state index in [-0.39, 0.29) is 17.8 Å². The molecule has 2 N–H and O–H groups in total. The van der Waals surface area contributed by atoms with Crippen LogP contribution in [0.2, 0.25) is 0 Å². The highest BCUT2D eigenvalue weighted by Crippen LogP contribution is 2.12. The zero-order valence-electron chi connectivity index (χ0n) is 10.1. The number of nitrogens with one attached hydrogen (secondary N) is 1. The molecule has 1 aromatic carbocycles. The summed E-state index contributed by atoms with van der Waals surface area (Å²) in [5, 5.41) is 22.7. The molecule has 94 valence electrons. The molecule has 0 amide bonds. The average Bonchev–Trinajstić information content (AvgIpc) is 2.29. The minimum atomic E-state index is -0.406. The molecule has 0 aliphatic carbocycles. The Morgan fingerprint density at radius 1 is 1.35 bits per heavy atom. The lowest BCUT2D eigenvalue weighted by Crippen LogP contribution is -2.43. The van der Waals surface area contributed by atoms with Crippen molar-refractivity contribution in [2.24, 2.45) is 0 Å². The number of hydrogen-bond donors (Lipinski definition) is 2. The van der Waals surface area contributed by atoms with Crippen molar-refractivity contribution in [1.29, 1.82) is 0 Å². The molecule has 5 nitrogen and oxygen atoms in total. The fourth-order valence-corrected chi connectivity index (χ4v) is 1.39. The quantitative estimate of drug-likeness (QED) is 0.581. The summed E-state index contributed by atoms with van der Waals surface area (Å²) in [4.78, 5) is 10.1. The van der Waals surface area contributed by atoms with Crippen molar-refractivity contribution in [3.8, 4) is 0 Å². The Kier molecular flexibility index (Phi) is 4.60. The van der Waals surface area contributed by atoms with Crippen LogP contribution in [-0.4, -0.2) is 28.7 Å². The van der Waals surface area contributed by atoms with Crippen LogP contribution in [0.3, 0.4) is 0 Å². The minimum Gasteiger partial charge on any atom is -0.394 e. The first kappa shape index (κ1) is 13.6. The summed E-state index contributed by atoms with van der Waals surface area (Å²) in [7, 11) is 0. The molecule has 0 bridgehead atoms. The van der Waals surface area contributed by atoms with Crippen LogP contribution < -0.4 is 5.32 Å². The van der Waals surface area contributed by atoms with Crippen LogP contribution in [0, 0.1) is 10.1 Å². The Hall–Kier alpha value is -1.46. The predicted molar refractivity (Wildman–Crippen MR) is 66.0 cm³/mol. The van der Waals surface area contributed by atoms with Gasteiger partial charge in [0.25, 0.3) is 5.69 Å². The van der Waals surface area contributed by atoms with E-state index in [0.717, 1.165) is 18.5 Å². The molecule has 0 aromatic heterocycles. The summed E-state index contributed by atoms with van der Waals surface area (Å²) in [6, 6.07) is 6.52. The van der Waals surface area contributed by atoms with E-state index in [9.17, 15) is 10.1 Å². The van der Waals surface area contributed by atoms with Crippen LogP contribution in [0.25, 0.3) is 0 Å². The molecule has 0 aliphatic heterocycles. The van der Waals surface area contributed by atoms with Crippen LogP contribution in [-0.2, 0) is 6.42 Å². The molecule has 1 rings (SSSR count). The predicted octanol–water partition coefficient (Wildman–Crippen LogP) is 1.50. The first-order chi connectivity index (χ1) is 7.94. The largest absolute Gasteiger partial charge is 0.394 e. The molecular formula is C12H18N2O3. The van der Waals surface area contributed by atoms with Crippen LogP contribution in [0.5, 0.6) is 0 Å². The zero-order valence-corrected chi connectivity index (χ0v) is 10.1. The SMILES string of the molecule is CC(C)(CO)NCCc1ccc([N+](=O)[O-])cc1. The summed E-state index contributed by atoms with van der Waals surface area (Å²) in [5.74, 6) is 0. The first-order valence-corrected chi connectivity index (χ1v) is 5.54. The number of aliphatic hydroxyl groups is 1. The second kappa shape index (κ2) is 5.75. The number of aliphatic hydroxyl groups excluding tert-OH is 1. The number of non-ortho nitro benzene ring substituents is 1. The van der Waals surface area contributed by atoms with E-state index in [2.05, 4.69) is 5.32 Å². The molecule has 1 aromatic rings. The van der Waals surface area contributed by atoms with E-state index < -0.39 is 4.92 Å². The van der Waals surface area contributed by atoms with Gasteiger partial charge in [-0.3, -0.25) is 10.1 Å². The Morgan fingerprint density at radius 3 is 2.41 bits per heavy atom. The van der Waals surface area contributed by atoms with Crippen LogP contribution >= 0.6 is 0 Å². The summed E-state index contributed by atoms with van der Waals surface area (Å²) < 4.78 is 0. The van der Waals surface area contributed by atoms with E-state index in [1.165, 1.54) is 12.1 Å². The van der Waals surface area contributed by atoms with Gasteiger partial charge in [-0.15, -0.1) is 0 Å². The second-order valence-electron chi connectivity index (χ2n) is 4.64. The van der Waals surface area contributed by atoms with E-state index in [4.69, 9.17) is 5.11 Å². The van der Waals surface area contributed by atoms with Crippen LogP contribution in [0.15, 0.2) is 24.3 Å². The lowest BCUT2D eigenvalue weighted by molar-refractivity contribution is -0.384. The van der Waals surface area contributed by atoms with Gasteiger partial charge >= 0.3 is 0 Å². The van der Waals surface area contributed by atoms with Crippen LogP contribution in [0.1, 0.15) is 19.4 Å². The summed E-state index contributed by atoms with van der Waals surface area (Å²) >= 11 is 0. The van der Waals surface area contributed by atoms with Gasteiger partial charge in [0.15, 0.2) is 0 Å². The van der Waals surface area contributed by atoms with E-state index in [1.54, 1.807) is 12.1 Å². The maximum atomic E-state index is 10.5. The van der Waals surface area contributed by atoms with E-state index >= 15 is 0 Å². The van der Waals surface area contributed by atoms with Gasteiger partial charge < -0.3 is 10.4 Å². The lowest BCUT2D eigenvalue weighted by Gasteiger charge is -2.23. The molecule has 0 heterocycles. The highest BCUT2D eigenvalue weighted by molar-refractivity contribution is 5.32. The van der Waals surface area contributed by atoms with E-state index in [1.807, 2.05) is 13.8 Å². The topological polar surface area (TPSA) is 75.4 Å². The van der Waals surface area contributed by atoms with Gasteiger partial charge in [-0.05, 0) is 32.4 Å². The number of nitro benzene ring substituents is 1. The van der Waals surface area contributed by atoms with Gasteiger partial charge in [0.2, 0.25) is 0 Å². The lowest BCUT2D eigenvalue weighted by atomic mass is 10.1. The number of benzene rings is 1. The third-order valence-corrected chi connectivity index (χ3v) is 2.56. The summed E-state index contributed by atoms with van der Waals surface area (Å²) in [6.45, 7) is 4.64.